The van der Waals surface area contributed by atoms with Crippen LogP contribution in [0, 0.1) is 6.92 Å². The number of amides is 1. The standard InChI is InChI=1S/C18H27N5O4S/c1-6-7-23-14(19)12(15(24)21-18(23)26)22(8-9-27-5)17(25)13-11(4)20-16(28-13)10(2)3/h10H,6-9,19H2,1-5H3,(H,21,24,26). The van der Waals surface area contributed by atoms with Crippen LogP contribution >= 0.6 is 11.3 Å². The molecule has 0 radical (unpaired) electrons. The molecule has 0 atom stereocenters. The number of thiazole rings is 1. The summed E-state index contributed by atoms with van der Waals surface area (Å²) in [5.41, 5.74) is 5.40. The zero-order chi connectivity index (χ0) is 21.0. The van der Waals surface area contributed by atoms with Gasteiger partial charge in [0.2, 0.25) is 0 Å². The highest BCUT2D eigenvalue weighted by molar-refractivity contribution is 7.14. The molecule has 2 aromatic rings. The van der Waals surface area contributed by atoms with Crippen LogP contribution in [0.2, 0.25) is 0 Å². The molecule has 0 saturated carbocycles. The minimum atomic E-state index is -0.703. The molecule has 0 bridgehead atoms. The second kappa shape index (κ2) is 9.16. The molecule has 0 spiro atoms. The molecule has 1 amide bonds. The van der Waals surface area contributed by atoms with Crippen molar-refractivity contribution in [2.24, 2.45) is 0 Å². The number of H-pyrrole nitrogens is 1. The van der Waals surface area contributed by atoms with Crippen molar-refractivity contribution in [1.29, 1.82) is 0 Å². The average Bonchev–Trinajstić information content (AvgIpc) is 3.02. The number of nitrogen functional groups attached to an aromatic ring is 1. The first kappa shape index (κ1) is 21.8. The Balaban J connectivity index is 2.62. The van der Waals surface area contributed by atoms with Crippen LogP contribution in [0.3, 0.4) is 0 Å². The fourth-order valence-corrected chi connectivity index (χ4v) is 3.78. The maximum Gasteiger partial charge on any atom is 0.330 e. The van der Waals surface area contributed by atoms with Gasteiger partial charge in [-0.25, -0.2) is 9.78 Å². The van der Waals surface area contributed by atoms with Crippen LogP contribution in [0.25, 0.3) is 0 Å². The smallest absolute Gasteiger partial charge is 0.330 e. The molecular formula is C18H27N5O4S. The van der Waals surface area contributed by atoms with Gasteiger partial charge in [0.15, 0.2) is 5.69 Å². The number of methoxy groups -OCH3 is 1. The maximum absolute atomic E-state index is 13.3. The number of carbonyl (C=O) groups excluding carboxylic acids is 1. The molecule has 9 nitrogen and oxygen atoms in total. The lowest BCUT2D eigenvalue weighted by molar-refractivity contribution is 0.0978. The Labute approximate surface area is 167 Å². The minimum absolute atomic E-state index is 0.0358. The molecule has 154 valence electrons. The third kappa shape index (κ3) is 4.33. The molecule has 0 aliphatic heterocycles. The number of aromatic nitrogens is 3. The van der Waals surface area contributed by atoms with E-state index in [1.54, 1.807) is 6.92 Å². The summed E-state index contributed by atoms with van der Waals surface area (Å²) in [5.74, 6) is -0.248. The van der Waals surface area contributed by atoms with Crippen LogP contribution in [-0.2, 0) is 11.3 Å². The van der Waals surface area contributed by atoms with Gasteiger partial charge in [-0.1, -0.05) is 20.8 Å². The number of hydrogen-bond donors (Lipinski definition) is 2. The second-order valence-electron chi connectivity index (χ2n) is 6.72. The van der Waals surface area contributed by atoms with Crippen molar-refractivity contribution in [3.63, 3.8) is 0 Å². The van der Waals surface area contributed by atoms with Gasteiger partial charge in [0, 0.05) is 26.1 Å². The largest absolute Gasteiger partial charge is 0.383 e. The van der Waals surface area contributed by atoms with Crippen molar-refractivity contribution < 1.29 is 9.53 Å². The Morgan fingerprint density at radius 1 is 1.39 bits per heavy atom. The predicted octanol–water partition coefficient (Wildman–Crippen LogP) is 1.71. The quantitative estimate of drug-likeness (QED) is 0.684. The van der Waals surface area contributed by atoms with Crippen molar-refractivity contribution in [3.8, 4) is 0 Å². The number of ether oxygens (including phenoxy) is 1. The summed E-state index contributed by atoms with van der Waals surface area (Å²) in [6.45, 7) is 8.29. The van der Waals surface area contributed by atoms with E-state index < -0.39 is 17.2 Å². The van der Waals surface area contributed by atoms with E-state index in [9.17, 15) is 14.4 Å². The third-order valence-corrected chi connectivity index (χ3v) is 5.64. The zero-order valence-corrected chi connectivity index (χ0v) is 17.7. The molecule has 0 aliphatic rings. The normalized spacial score (nSPS) is 11.2. The summed E-state index contributed by atoms with van der Waals surface area (Å²) >= 11 is 1.30. The first-order chi connectivity index (χ1) is 13.2. The number of rotatable bonds is 8. The number of carbonyl (C=O) groups is 1. The van der Waals surface area contributed by atoms with Crippen LogP contribution in [0.4, 0.5) is 11.5 Å². The molecule has 3 N–H and O–H groups in total. The monoisotopic (exact) mass is 409 g/mol. The number of hydrogen-bond acceptors (Lipinski definition) is 7. The number of nitrogens with two attached hydrogens (primary N) is 1. The molecule has 28 heavy (non-hydrogen) atoms. The van der Waals surface area contributed by atoms with Crippen molar-refractivity contribution in [2.45, 2.75) is 46.6 Å². The van der Waals surface area contributed by atoms with Crippen LogP contribution in [-0.4, -0.2) is 40.7 Å². The summed E-state index contributed by atoms with van der Waals surface area (Å²) in [4.78, 5) is 46.4. The molecule has 0 unspecified atom stereocenters. The van der Waals surface area contributed by atoms with E-state index in [0.29, 0.717) is 23.5 Å². The highest BCUT2D eigenvalue weighted by Gasteiger charge is 2.28. The van der Waals surface area contributed by atoms with E-state index in [4.69, 9.17) is 10.5 Å². The second-order valence-corrected chi connectivity index (χ2v) is 7.75. The van der Waals surface area contributed by atoms with E-state index in [-0.39, 0.29) is 30.6 Å². The molecule has 10 heteroatoms. The molecule has 2 rings (SSSR count). The lowest BCUT2D eigenvalue weighted by atomic mass is 10.2. The third-order valence-electron chi connectivity index (χ3n) is 4.20. The molecule has 2 aromatic heterocycles. The topological polar surface area (TPSA) is 123 Å². The number of aromatic amines is 1. The number of nitrogens with one attached hydrogen (secondary N) is 1. The number of aryl methyl sites for hydroxylation is 1. The van der Waals surface area contributed by atoms with Crippen LogP contribution in [0.5, 0.6) is 0 Å². The minimum Gasteiger partial charge on any atom is -0.383 e. The van der Waals surface area contributed by atoms with Gasteiger partial charge < -0.3 is 10.5 Å². The summed E-state index contributed by atoms with van der Waals surface area (Å²) in [6.07, 6.45) is 0.646. The number of anilines is 2. The maximum atomic E-state index is 13.3. The first-order valence-electron chi connectivity index (χ1n) is 9.13. The molecule has 0 aliphatic carbocycles. The van der Waals surface area contributed by atoms with Crippen LogP contribution < -0.4 is 21.9 Å². The zero-order valence-electron chi connectivity index (χ0n) is 16.9. The highest BCUT2D eigenvalue weighted by atomic mass is 32.1. The number of nitrogens with zero attached hydrogens (tertiary/aromatic N) is 3. The molecule has 0 fully saturated rings. The lowest BCUT2D eigenvalue weighted by Crippen LogP contribution is -2.42. The molecule has 0 saturated heterocycles. The fraction of sp³-hybridized carbons (Fsp3) is 0.556. The lowest BCUT2D eigenvalue weighted by Gasteiger charge is -2.24. The Bertz CT molecular complexity index is 960. The van der Waals surface area contributed by atoms with Gasteiger partial charge in [-0.3, -0.25) is 24.0 Å². The van der Waals surface area contributed by atoms with Gasteiger partial charge in [0.25, 0.3) is 11.5 Å². The van der Waals surface area contributed by atoms with Crippen LogP contribution in [0.15, 0.2) is 9.59 Å². The van der Waals surface area contributed by atoms with Gasteiger partial charge >= 0.3 is 5.69 Å². The van der Waals surface area contributed by atoms with Gasteiger partial charge in [-0.15, -0.1) is 11.3 Å². The Morgan fingerprint density at radius 2 is 2.07 bits per heavy atom. The van der Waals surface area contributed by atoms with Crippen LogP contribution in [0.1, 0.15) is 53.5 Å². The first-order valence-corrected chi connectivity index (χ1v) is 9.95. The van der Waals surface area contributed by atoms with Crippen molar-refractivity contribution in [3.05, 3.63) is 36.4 Å². The predicted molar refractivity (Wildman–Crippen MR) is 111 cm³/mol. The van der Waals surface area contributed by atoms with E-state index in [2.05, 4.69) is 9.97 Å². The summed E-state index contributed by atoms with van der Waals surface area (Å²) in [6, 6.07) is 0. The van der Waals surface area contributed by atoms with E-state index >= 15 is 0 Å². The van der Waals surface area contributed by atoms with E-state index in [1.165, 1.54) is 27.9 Å². The molecule has 2 heterocycles. The highest BCUT2D eigenvalue weighted by Crippen LogP contribution is 2.28. The van der Waals surface area contributed by atoms with Crippen molar-refractivity contribution in [2.75, 3.05) is 30.9 Å². The van der Waals surface area contributed by atoms with Crippen molar-refractivity contribution >= 4 is 28.7 Å². The summed E-state index contributed by atoms with van der Waals surface area (Å²) < 4.78 is 6.37. The van der Waals surface area contributed by atoms with Gasteiger partial charge in [0.05, 0.1) is 17.3 Å². The Hall–Kier alpha value is -2.46. The molecule has 0 aromatic carbocycles. The van der Waals surface area contributed by atoms with E-state index in [0.717, 1.165) is 5.01 Å². The van der Waals surface area contributed by atoms with Crippen molar-refractivity contribution in [1.82, 2.24) is 14.5 Å². The molecular weight excluding hydrogens is 382 g/mol. The van der Waals surface area contributed by atoms with Gasteiger partial charge in [-0.2, -0.15) is 0 Å². The van der Waals surface area contributed by atoms with Gasteiger partial charge in [0.1, 0.15) is 10.7 Å². The van der Waals surface area contributed by atoms with Gasteiger partial charge in [-0.05, 0) is 13.3 Å². The Kier molecular flexibility index (Phi) is 7.14. The summed E-state index contributed by atoms with van der Waals surface area (Å²) in [7, 11) is 1.50. The SMILES string of the molecule is CCCn1c(N)c(N(CCOC)C(=O)c2sc(C(C)C)nc2C)c(=O)[nH]c1=O. The van der Waals surface area contributed by atoms with E-state index in [1.807, 2.05) is 20.8 Å². The fourth-order valence-electron chi connectivity index (χ4n) is 2.77. The summed E-state index contributed by atoms with van der Waals surface area (Å²) in [5, 5.41) is 0.838. The Morgan fingerprint density at radius 3 is 2.61 bits per heavy atom. The average molecular weight is 410 g/mol.